The summed E-state index contributed by atoms with van der Waals surface area (Å²) < 4.78 is 35.3. The Hall–Kier alpha value is -11.9. The summed E-state index contributed by atoms with van der Waals surface area (Å²) in [6.45, 7) is 22.4. The summed E-state index contributed by atoms with van der Waals surface area (Å²) in [5.41, 5.74) is 15.3. The van der Waals surface area contributed by atoms with E-state index in [1.807, 2.05) is 168 Å². The Morgan fingerprint density at radius 1 is 0.367 bits per heavy atom. The first kappa shape index (κ1) is 99.9. The Balaban J connectivity index is 0.000000173. The SMILES string of the molecule is CCC(CC)Oc1ccc2ccc(-c3ccc(N(C)C)cc3)nc2c1.CCC(CC)Oc1ccc2ccc(Cl)nc2c1.CCC(CO)Oc1ccc2ccc(-c3ccc(N(C)C)cc3)nc2c1.CCC(O)CC.CN(C)c1ccc(-c2ccc3ccc(OC(CO)CO)cc3n2)cc1.CN(C)c1ccc(B2OC(C)(C)C(C)(C)O2)cc1.O=c1ccc2ccc(O)cc2[nH]1. The zero-order chi connectivity index (χ0) is 92.8. The quantitative estimate of drug-likeness (QED) is 0.0218. The molecule has 1 saturated heterocycles. The van der Waals surface area contributed by atoms with Crippen LogP contribution < -0.4 is 49.6 Å². The highest BCUT2D eigenvalue weighted by Crippen LogP contribution is 2.38. The van der Waals surface area contributed by atoms with Crippen molar-refractivity contribution in [3.05, 3.63) is 264 Å². The highest BCUT2D eigenvalue weighted by Gasteiger charge is 2.51. The van der Waals surface area contributed by atoms with Crippen molar-refractivity contribution >= 4 is 101 Å². The van der Waals surface area contributed by atoms with E-state index in [0.717, 1.165) is 162 Å². The highest BCUT2D eigenvalue weighted by molar-refractivity contribution is 6.62. The number of aliphatic hydroxyl groups excluding tert-OH is 4. The van der Waals surface area contributed by atoms with Gasteiger partial charge in [0.05, 0.1) is 94.0 Å². The fraction of sp³-hybridized carbons (Fsp3) is 0.343. The molecule has 6 heterocycles. The van der Waals surface area contributed by atoms with Crippen LogP contribution in [-0.2, 0) is 9.31 Å². The number of nitrogens with one attached hydrogen (secondary N) is 1. The summed E-state index contributed by atoms with van der Waals surface area (Å²) in [6.07, 6.45) is 6.25. The average molecular weight is 1760 g/mol. The zero-order valence-corrected chi connectivity index (χ0v) is 78.5. The van der Waals surface area contributed by atoms with Crippen molar-refractivity contribution in [1.82, 2.24) is 24.9 Å². The fourth-order valence-electron chi connectivity index (χ4n) is 13.3. The number of halogens is 1. The molecule has 1 atom stereocenters. The molecule has 5 aromatic heterocycles. The van der Waals surface area contributed by atoms with E-state index < -0.39 is 6.10 Å². The van der Waals surface area contributed by atoms with Gasteiger partial charge in [-0.3, -0.25) is 4.79 Å². The summed E-state index contributed by atoms with van der Waals surface area (Å²) in [6, 6.07) is 81.0. The maximum Gasteiger partial charge on any atom is 0.494 e. The third-order valence-corrected chi connectivity index (χ3v) is 22.6. The molecule has 14 aromatic rings. The largest absolute Gasteiger partial charge is 0.508 e. The normalized spacial score (nSPS) is 12.6. The minimum absolute atomic E-state index is 0.0141. The minimum atomic E-state index is -0.626. The van der Waals surface area contributed by atoms with Crippen molar-refractivity contribution in [2.75, 3.05) is 95.8 Å². The monoisotopic (exact) mass is 1750 g/mol. The Kier molecular flexibility index (Phi) is 37.7. The lowest BCUT2D eigenvalue weighted by molar-refractivity contribution is 0.00578. The number of H-pyrrole nitrogens is 1. The van der Waals surface area contributed by atoms with Crippen molar-refractivity contribution in [3.8, 4) is 62.5 Å². The molecule has 1 aliphatic heterocycles. The summed E-state index contributed by atoms with van der Waals surface area (Å²) in [7, 11) is 16.0. The summed E-state index contributed by atoms with van der Waals surface area (Å²) >= 11 is 5.88. The molecule has 1 aliphatic rings. The molecule has 0 aliphatic carbocycles. The number of aliphatic hydroxyl groups is 4. The van der Waals surface area contributed by atoms with E-state index in [2.05, 4.69) is 206 Å². The molecule has 23 heteroatoms. The first-order chi connectivity index (χ1) is 61.3. The topological polar surface area (TPSA) is 254 Å². The lowest BCUT2D eigenvalue weighted by atomic mass is 9.79. The molecule has 676 valence electrons. The number of pyridine rings is 5. The highest BCUT2D eigenvalue weighted by atomic mass is 35.5. The van der Waals surface area contributed by atoms with Crippen LogP contribution in [0.25, 0.3) is 88.3 Å². The number of aromatic nitrogens is 5. The predicted octanol–water partition coefficient (Wildman–Crippen LogP) is 21.3. The molecule has 0 amide bonds. The van der Waals surface area contributed by atoms with Gasteiger partial charge in [0, 0.05) is 154 Å². The molecule has 1 fully saturated rings. The number of aromatic amines is 1. The lowest BCUT2D eigenvalue weighted by Crippen LogP contribution is -2.41. The molecule has 6 N–H and O–H groups in total. The second-order valence-electron chi connectivity index (χ2n) is 33.2. The number of aromatic hydroxyl groups is 1. The summed E-state index contributed by atoms with van der Waals surface area (Å²) in [5.74, 6) is 3.23. The maximum absolute atomic E-state index is 10.9. The van der Waals surface area contributed by atoms with Crippen LogP contribution in [0.3, 0.4) is 0 Å². The van der Waals surface area contributed by atoms with Crippen LogP contribution in [0.5, 0.6) is 28.7 Å². The van der Waals surface area contributed by atoms with Crippen LogP contribution in [-0.4, -0.2) is 175 Å². The minimum Gasteiger partial charge on any atom is -0.508 e. The maximum atomic E-state index is 10.9. The standard InChI is InChI=1S/C22H26N2O.C21H24N2O2.C20H22N2O3.C14H22BNO2.C14H16ClNO.C9H7NO2.C5H12O/c1-5-19(6-2)25-20-13-9-17-10-14-21(23-22(17)15-20)16-7-11-18(12-8-16)24(3)4;1-4-18(14-24)25-19-11-7-16-8-12-20(22-21(16)13-19)15-5-9-17(10-6-15)23(2)3;1-22(2)16-7-3-14(4-8-16)19-10-6-15-5-9-17(11-20(15)21-19)25-18(12-23)13-24;1-13(2)14(3,4)18-15(17-13)11-7-9-12(10-8-11)16(5)6;1-3-11(4-2)17-12-7-5-10-6-8-14(15)16-13(10)9-12;11-7-3-1-6-2-4-9(12)10-8(6)5-7;1-3-5(6)4-2/h7-15,19H,5-6H2,1-4H3;5-13,18,24H,4,14H2,1-3H3;3-11,18,23-24H,12-13H2,1-2H3;7-10H,1-6H3;5-9,11H,3-4H2,1-2H3;1-5,11H,(H,10,12);5-6H,3-4H2,1-2H3. The van der Waals surface area contributed by atoms with Gasteiger partial charge in [-0.25, -0.2) is 19.9 Å². The molecule has 0 spiro atoms. The van der Waals surface area contributed by atoms with Gasteiger partial charge >= 0.3 is 7.12 Å². The lowest BCUT2D eigenvalue weighted by Gasteiger charge is -2.32. The molecule has 9 aromatic carbocycles. The van der Waals surface area contributed by atoms with E-state index in [9.17, 15) is 9.90 Å². The predicted molar refractivity (Wildman–Crippen MR) is 531 cm³/mol. The van der Waals surface area contributed by atoms with Crippen molar-refractivity contribution < 1.29 is 53.8 Å². The fourth-order valence-corrected chi connectivity index (χ4v) is 13.5. The molecule has 15 rings (SSSR count). The number of benzene rings is 9. The Morgan fingerprint density at radius 2 is 0.664 bits per heavy atom. The Labute approximate surface area is 761 Å². The number of ether oxygens (including phenoxy) is 4. The number of hydrogen-bond donors (Lipinski definition) is 6. The van der Waals surface area contributed by atoms with Gasteiger partial charge in [0.2, 0.25) is 5.56 Å². The first-order valence-electron chi connectivity index (χ1n) is 44.1. The summed E-state index contributed by atoms with van der Waals surface area (Å²) in [4.78, 5) is 40.4. The number of anilines is 4. The molecular formula is C105H129BClN9O12. The number of nitrogens with zero attached hydrogens (tertiary/aromatic N) is 8. The van der Waals surface area contributed by atoms with Gasteiger partial charge in [0.1, 0.15) is 46.1 Å². The van der Waals surface area contributed by atoms with E-state index >= 15 is 0 Å². The van der Waals surface area contributed by atoms with Crippen molar-refractivity contribution in [1.29, 1.82) is 0 Å². The van der Waals surface area contributed by atoms with Crippen molar-refractivity contribution in [2.24, 2.45) is 0 Å². The molecule has 0 saturated carbocycles. The smallest absolute Gasteiger partial charge is 0.494 e. The van der Waals surface area contributed by atoms with Crippen molar-refractivity contribution in [2.45, 2.75) is 163 Å². The van der Waals surface area contributed by atoms with Crippen LogP contribution in [0.1, 0.15) is 121 Å². The number of hydrogen-bond acceptors (Lipinski definition) is 20. The van der Waals surface area contributed by atoms with Crippen LogP contribution >= 0.6 is 11.6 Å². The van der Waals surface area contributed by atoms with Gasteiger partial charge in [0.15, 0.2) is 0 Å². The van der Waals surface area contributed by atoms with Gasteiger partial charge in [0.25, 0.3) is 0 Å². The third-order valence-electron chi connectivity index (χ3n) is 22.3. The zero-order valence-electron chi connectivity index (χ0n) is 77.8. The van der Waals surface area contributed by atoms with E-state index in [4.69, 9.17) is 75.2 Å². The summed E-state index contributed by atoms with van der Waals surface area (Å²) in [5, 5.41) is 51.1. The number of rotatable bonds is 26. The van der Waals surface area contributed by atoms with Gasteiger partial charge in [-0.2, -0.15) is 0 Å². The number of fused-ring (bicyclic) bond motifs is 5. The van der Waals surface area contributed by atoms with E-state index in [0.29, 0.717) is 16.4 Å². The molecule has 1 unspecified atom stereocenters. The van der Waals surface area contributed by atoms with Crippen LogP contribution in [0.15, 0.2) is 254 Å². The van der Waals surface area contributed by atoms with E-state index in [-0.39, 0.29) is 73.9 Å². The Morgan fingerprint density at radius 3 is 0.984 bits per heavy atom. The third kappa shape index (κ3) is 28.8. The van der Waals surface area contributed by atoms with Crippen LogP contribution in [0.4, 0.5) is 22.7 Å². The number of phenolic OH excluding ortho intramolecular Hbond substituents is 1. The van der Waals surface area contributed by atoms with E-state index in [1.54, 1.807) is 24.3 Å². The van der Waals surface area contributed by atoms with Crippen LogP contribution in [0, 0.1) is 0 Å². The van der Waals surface area contributed by atoms with Gasteiger partial charge < -0.3 is 78.4 Å². The molecule has 0 radical (unpaired) electrons. The van der Waals surface area contributed by atoms with Gasteiger partial charge in [-0.1, -0.05) is 127 Å². The molecule has 0 bridgehead atoms. The molecule has 128 heavy (non-hydrogen) atoms. The number of phenols is 1. The van der Waals surface area contributed by atoms with Gasteiger partial charge in [-0.15, -0.1) is 0 Å². The van der Waals surface area contributed by atoms with Crippen molar-refractivity contribution in [3.63, 3.8) is 0 Å². The van der Waals surface area contributed by atoms with Gasteiger partial charge in [-0.05, 0) is 229 Å². The molecular weight excluding hydrogens is 1630 g/mol. The molecule has 21 nitrogen and oxygen atoms in total. The average Bonchev–Trinajstić information content (AvgIpc) is 1.61. The second-order valence-corrected chi connectivity index (χ2v) is 33.5. The van der Waals surface area contributed by atoms with E-state index in [1.165, 1.54) is 23.5 Å². The van der Waals surface area contributed by atoms with Crippen LogP contribution in [0.2, 0.25) is 5.15 Å². The first-order valence-corrected chi connectivity index (χ1v) is 44.5. The second kappa shape index (κ2) is 48.4. The Bertz CT molecular complexity index is 5470.